The van der Waals surface area contributed by atoms with Crippen LogP contribution in [0.5, 0.6) is 0 Å². The quantitative estimate of drug-likeness (QED) is 0.0925. The second-order valence-electron chi connectivity index (χ2n) is 11.3. The molecule has 13 atom stereocenters. The minimum atomic E-state index is -1.51. The minimum Gasteiger partial charge on any atom is -0.467 e. The van der Waals surface area contributed by atoms with Crippen molar-refractivity contribution >= 4 is 5.91 Å². The third-order valence-electron chi connectivity index (χ3n) is 7.72. The lowest BCUT2D eigenvalue weighted by molar-refractivity contribution is -0.304. The molecule has 3 rings (SSSR count). The highest BCUT2D eigenvalue weighted by atomic mass is 16.7. The van der Waals surface area contributed by atoms with Crippen molar-refractivity contribution in [1.82, 2.24) is 16.0 Å². The number of aliphatic hydroxyl groups excluding tert-OH is 5. The number of carbonyl (C=O) groups excluding carboxylic acids is 1. The Hall–Kier alpha value is -1.55. The van der Waals surface area contributed by atoms with Crippen LogP contribution in [-0.4, -0.2) is 155 Å². The van der Waals surface area contributed by atoms with Crippen LogP contribution in [0.3, 0.4) is 0 Å². The molecule has 0 aromatic heterocycles. The molecular formula is C25H48N6O11. The van der Waals surface area contributed by atoms with Gasteiger partial charge in [-0.2, -0.15) is 0 Å². The molecular weight excluding hydrogens is 560 g/mol. The molecule has 3 aliphatic rings. The van der Waals surface area contributed by atoms with E-state index in [1.165, 1.54) is 6.92 Å². The number of nitrogens with one attached hydrogen (secondary N) is 3. The summed E-state index contributed by atoms with van der Waals surface area (Å²) in [7, 11) is 1.56. The SMILES string of the molecule is CN[C@@H]1[C@@H](O)[C@@H](O[C@@H]2[C@@H](O)[C@H](O[C@H]3OC(CNCC(O)CO)=CC[C@H]3N)[C@@H](N)C[C@H]2NC(=O)[C@@H](O)CN)OC[C@]1(C)O. The zero-order valence-electron chi connectivity index (χ0n) is 23.9. The molecule has 0 aromatic rings. The van der Waals surface area contributed by atoms with Gasteiger partial charge in [0.2, 0.25) is 12.2 Å². The molecule has 1 saturated heterocycles. The van der Waals surface area contributed by atoms with E-state index in [9.17, 15) is 30.3 Å². The normalized spacial score (nSPS) is 40.5. The largest absolute Gasteiger partial charge is 0.467 e. The van der Waals surface area contributed by atoms with Gasteiger partial charge in [0.25, 0.3) is 0 Å². The van der Waals surface area contributed by atoms with Crippen molar-refractivity contribution in [3.8, 4) is 0 Å². The smallest absolute Gasteiger partial charge is 0.250 e. The number of carbonyl (C=O) groups is 1. The van der Waals surface area contributed by atoms with Crippen LogP contribution in [-0.2, 0) is 23.7 Å². The average Bonchev–Trinajstić information content (AvgIpc) is 2.94. The Bertz CT molecular complexity index is 901. The highest BCUT2D eigenvalue weighted by Crippen LogP contribution is 2.32. The van der Waals surface area contributed by atoms with E-state index < -0.39 is 91.5 Å². The van der Waals surface area contributed by atoms with E-state index in [1.54, 1.807) is 13.1 Å². The lowest BCUT2D eigenvalue weighted by atomic mass is 9.83. The third kappa shape index (κ3) is 8.54. The van der Waals surface area contributed by atoms with Crippen molar-refractivity contribution in [2.75, 3.05) is 39.9 Å². The first-order valence-electron chi connectivity index (χ1n) is 14.1. The van der Waals surface area contributed by atoms with Gasteiger partial charge in [-0.15, -0.1) is 0 Å². The fraction of sp³-hybridized carbons (Fsp3) is 0.880. The van der Waals surface area contributed by atoms with E-state index in [0.717, 1.165) is 0 Å². The highest BCUT2D eigenvalue weighted by Gasteiger charge is 2.51. The Morgan fingerprint density at radius 2 is 1.86 bits per heavy atom. The van der Waals surface area contributed by atoms with Crippen LogP contribution >= 0.6 is 0 Å². The van der Waals surface area contributed by atoms with Gasteiger partial charge in [-0.1, -0.05) is 0 Å². The molecule has 1 aliphatic carbocycles. The number of aliphatic hydroxyl groups is 6. The molecule has 17 heteroatoms. The molecule has 0 aromatic carbocycles. The molecule has 1 unspecified atom stereocenters. The molecule has 2 fully saturated rings. The Balaban J connectivity index is 1.76. The second-order valence-corrected chi connectivity index (χ2v) is 11.3. The molecule has 0 spiro atoms. The van der Waals surface area contributed by atoms with Gasteiger partial charge in [0.05, 0.1) is 44.0 Å². The van der Waals surface area contributed by atoms with Crippen molar-refractivity contribution in [1.29, 1.82) is 0 Å². The standard InChI is InChI=1S/C25H48N6O11/c1-25(38)10-39-24(18(36)21(25)29-2)42-20-15(31-22(37)16(34)6-26)5-14(28)19(17(20)35)41-23-13(27)4-3-12(40-23)8-30-7-11(33)9-32/h3,11,13-21,23-24,29-30,32-36,38H,4-10,26-28H2,1-2H3,(H,31,37)/t11?,13-,14+,15-,16+,17+,18-,19-,20+,21-,23-,24-,25+/m1/s1. The highest BCUT2D eigenvalue weighted by molar-refractivity contribution is 5.81. The summed E-state index contributed by atoms with van der Waals surface area (Å²) in [5.41, 5.74) is 16.6. The van der Waals surface area contributed by atoms with E-state index in [1.807, 2.05) is 0 Å². The van der Waals surface area contributed by atoms with Crippen LogP contribution < -0.4 is 33.2 Å². The number of rotatable bonds is 13. The number of ether oxygens (including phenoxy) is 4. The Morgan fingerprint density at radius 1 is 1.17 bits per heavy atom. The average molecular weight is 609 g/mol. The first kappa shape index (κ1) is 34.9. The summed E-state index contributed by atoms with van der Waals surface area (Å²) in [4.78, 5) is 12.5. The maximum absolute atomic E-state index is 12.5. The van der Waals surface area contributed by atoms with E-state index in [4.69, 9.17) is 41.3 Å². The summed E-state index contributed by atoms with van der Waals surface area (Å²) in [6, 6.07) is -3.27. The molecule has 42 heavy (non-hydrogen) atoms. The van der Waals surface area contributed by atoms with Crippen molar-refractivity contribution in [3.63, 3.8) is 0 Å². The lowest BCUT2D eigenvalue weighted by Crippen LogP contribution is -2.69. The van der Waals surface area contributed by atoms with Gasteiger partial charge in [0.1, 0.15) is 41.9 Å². The predicted molar refractivity (Wildman–Crippen MR) is 146 cm³/mol. The van der Waals surface area contributed by atoms with Crippen LogP contribution in [0.2, 0.25) is 0 Å². The fourth-order valence-corrected chi connectivity index (χ4v) is 5.33. The van der Waals surface area contributed by atoms with Gasteiger partial charge in [0.15, 0.2) is 6.29 Å². The maximum Gasteiger partial charge on any atom is 0.250 e. The second kappa shape index (κ2) is 15.4. The summed E-state index contributed by atoms with van der Waals surface area (Å²) in [5.74, 6) is -0.328. The zero-order valence-corrected chi connectivity index (χ0v) is 23.9. The van der Waals surface area contributed by atoms with Crippen molar-refractivity contribution in [2.45, 2.75) is 98.7 Å². The summed E-state index contributed by atoms with van der Waals surface area (Å²) in [6.45, 7) is 0.908. The minimum absolute atomic E-state index is 0.0245. The molecule has 244 valence electrons. The molecule has 1 saturated carbocycles. The maximum atomic E-state index is 12.5. The van der Waals surface area contributed by atoms with Crippen LogP contribution in [0, 0.1) is 0 Å². The molecule has 2 heterocycles. The van der Waals surface area contributed by atoms with Gasteiger partial charge in [-0.3, -0.25) is 4.79 Å². The summed E-state index contributed by atoms with van der Waals surface area (Å²) >= 11 is 0. The molecule has 17 nitrogen and oxygen atoms in total. The molecule has 1 amide bonds. The van der Waals surface area contributed by atoms with Crippen molar-refractivity contribution in [3.05, 3.63) is 11.8 Å². The number of hydrogen-bond acceptors (Lipinski definition) is 16. The van der Waals surface area contributed by atoms with E-state index >= 15 is 0 Å². The van der Waals surface area contributed by atoms with Gasteiger partial charge in [-0.05, 0) is 32.9 Å². The number of likely N-dealkylation sites (N-methyl/N-ethyl adjacent to an activating group) is 1. The van der Waals surface area contributed by atoms with Gasteiger partial charge in [0, 0.05) is 19.1 Å². The van der Waals surface area contributed by atoms with Gasteiger partial charge in [-0.25, -0.2) is 0 Å². The predicted octanol–water partition coefficient (Wildman–Crippen LogP) is -6.39. The van der Waals surface area contributed by atoms with E-state index in [-0.39, 0.29) is 32.7 Å². The number of hydrogen-bond donors (Lipinski definition) is 12. The lowest BCUT2D eigenvalue weighted by Gasteiger charge is -2.48. The molecule has 0 radical (unpaired) electrons. The Labute approximate surface area is 244 Å². The first-order valence-corrected chi connectivity index (χ1v) is 14.1. The van der Waals surface area contributed by atoms with Gasteiger partial charge >= 0.3 is 0 Å². The topological polar surface area (TPSA) is 290 Å². The van der Waals surface area contributed by atoms with Crippen LogP contribution in [0.15, 0.2) is 11.8 Å². The summed E-state index contributed by atoms with van der Waals surface area (Å²) < 4.78 is 23.6. The van der Waals surface area contributed by atoms with E-state index in [0.29, 0.717) is 12.2 Å². The fourth-order valence-electron chi connectivity index (χ4n) is 5.33. The van der Waals surface area contributed by atoms with Crippen LogP contribution in [0.25, 0.3) is 0 Å². The molecule has 0 bridgehead atoms. The summed E-state index contributed by atoms with van der Waals surface area (Å²) in [6.07, 6.45) is -7.85. The molecule has 2 aliphatic heterocycles. The van der Waals surface area contributed by atoms with Crippen molar-refractivity contribution < 1.29 is 54.4 Å². The molecule has 15 N–H and O–H groups in total. The number of nitrogens with two attached hydrogens (primary N) is 3. The van der Waals surface area contributed by atoms with Crippen LogP contribution in [0.4, 0.5) is 0 Å². The third-order valence-corrected chi connectivity index (χ3v) is 7.72. The monoisotopic (exact) mass is 608 g/mol. The Morgan fingerprint density at radius 3 is 2.50 bits per heavy atom. The van der Waals surface area contributed by atoms with Crippen LogP contribution in [0.1, 0.15) is 19.8 Å². The van der Waals surface area contributed by atoms with Crippen molar-refractivity contribution in [2.24, 2.45) is 17.2 Å². The first-order chi connectivity index (χ1) is 19.8. The zero-order chi connectivity index (χ0) is 31.2. The Kier molecular flexibility index (Phi) is 12.8. The number of amides is 1. The van der Waals surface area contributed by atoms with Gasteiger partial charge < -0.3 is 82.7 Å². The summed E-state index contributed by atoms with van der Waals surface area (Å²) in [5, 5.41) is 69.8. The van der Waals surface area contributed by atoms with E-state index in [2.05, 4.69) is 16.0 Å².